The molecule has 3 heteroatoms. The van der Waals surface area contributed by atoms with Crippen molar-refractivity contribution >= 4 is 11.6 Å². The van der Waals surface area contributed by atoms with Crippen molar-refractivity contribution in [2.24, 2.45) is 0 Å². The summed E-state index contributed by atoms with van der Waals surface area (Å²) >= 11 is 6.02. The van der Waals surface area contributed by atoms with Crippen LogP contribution in [0, 0.1) is 0 Å². The van der Waals surface area contributed by atoms with Gasteiger partial charge in [0.25, 0.3) is 0 Å². The molecule has 0 aliphatic carbocycles. The third kappa shape index (κ3) is 4.66. The zero-order valence-corrected chi connectivity index (χ0v) is 12.0. The van der Waals surface area contributed by atoms with Crippen LogP contribution in [0.15, 0.2) is 24.3 Å². The van der Waals surface area contributed by atoms with E-state index in [1.54, 1.807) is 0 Å². The normalized spacial score (nSPS) is 13.4. The number of hydrogen-bond donors (Lipinski definition) is 1. The highest BCUT2D eigenvalue weighted by molar-refractivity contribution is 6.30. The molecule has 0 aliphatic heterocycles. The highest BCUT2D eigenvalue weighted by Gasteiger charge is 2.11. The molecule has 96 valence electrons. The molecule has 1 atom stereocenters. The van der Waals surface area contributed by atoms with Crippen LogP contribution in [-0.2, 0) is 0 Å². The van der Waals surface area contributed by atoms with Gasteiger partial charge in [-0.15, -0.1) is 0 Å². The molecule has 1 aromatic carbocycles. The minimum atomic E-state index is 0.370. The first-order chi connectivity index (χ1) is 8.04. The van der Waals surface area contributed by atoms with Gasteiger partial charge < -0.3 is 10.2 Å². The quantitative estimate of drug-likeness (QED) is 0.838. The van der Waals surface area contributed by atoms with Crippen LogP contribution >= 0.6 is 11.6 Å². The van der Waals surface area contributed by atoms with Gasteiger partial charge in [-0.3, -0.25) is 0 Å². The third-order valence-corrected chi connectivity index (χ3v) is 3.49. The van der Waals surface area contributed by atoms with Crippen molar-refractivity contribution in [3.63, 3.8) is 0 Å². The van der Waals surface area contributed by atoms with E-state index in [1.807, 2.05) is 25.2 Å². The highest BCUT2D eigenvalue weighted by Crippen LogP contribution is 2.20. The second-order valence-electron chi connectivity index (χ2n) is 4.76. The molecule has 0 spiro atoms. The standard InChI is InChI=1S/C14H23ClN2/c1-11(2)17(4)9-8-14(16-3)12-6-5-7-13(15)10-12/h5-7,10-11,14,16H,8-9H2,1-4H3. The maximum absolute atomic E-state index is 6.02. The molecule has 0 radical (unpaired) electrons. The highest BCUT2D eigenvalue weighted by atomic mass is 35.5. The summed E-state index contributed by atoms with van der Waals surface area (Å²) in [6.45, 7) is 5.51. The number of nitrogens with zero attached hydrogens (tertiary/aromatic N) is 1. The van der Waals surface area contributed by atoms with Crippen molar-refractivity contribution in [3.05, 3.63) is 34.9 Å². The van der Waals surface area contributed by atoms with Crippen LogP contribution in [-0.4, -0.2) is 31.6 Å². The monoisotopic (exact) mass is 254 g/mol. The molecule has 1 N–H and O–H groups in total. The van der Waals surface area contributed by atoms with Crippen LogP contribution in [0.1, 0.15) is 31.9 Å². The first-order valence-electron chi connectivity index (χ1n) is 6.17. The Morgan fingerprint density at radius 1 is 1.35 bits per heavy atom. The summed E-state index contributed by atoms with van der Waals surface area (Å²) in [6, 6.07) is 9.05. The topological polar surface area (TPSA) is 15.3 Å². The SMILES string of the molecule is CNC(CCN(C)C(C)C)c1cccc(Cl)c1. The molecule has 1 rings (SSSR count). The van der Waals surface area contributed by atoms with Crippen molar-refractivity contribution < 1.29 is 0 Å². The third-order valence-electron chi connectivity index (χ3n) is 3.25. The summed E-state index contributed by atoms with van der Waals surface area (Å²) < 4.78 is 0. The van der Waals surface area contributed by atoms with E-state index in [2.05, 4.69) is 37.2 Å². The molecule has 0 saturated carbocycles. The average Bonchev–Trinajstić information content (AvgIpc) is 2.29. The van der Waals surface area contributed by atoms with E-state index in [0.717, 1.165) is 18.0 Å². The van der Waals surface area contributed by atoms with Crippen LogP contribution in [0.3, 0.4) is 0 Å². The molecule has 0 aliphatic rings. The van der Waals surface area contributed by atoms with E-state index in [4.69, 9.17) is 11.6 Å². The van der Waals surface area contributed by atoms with Crippen molar-refractivity contribution in [2.45, 2.75) is 32.4 Å². The molecule has 0 amide bonds. The Morgan fingerprint density at radius 3 is 2.59 bits per heavy atom. The zero-order valence-electron chi connectivity index (χ0n) is 11.2. The minimum absolute atomic E-state index is 0.370. The molecule has 2 nitrogen and oxygen atoms in total. The van der Waals surface area contributed by atoms with E-state index in [-0.39, 0.29) is 0 Å². The second kappa shape index (κ2) is 7.00. The molecule has 0 aromatic heterocycles. The summed E-state index contributed by atoms with van der Waals surface area (Å²) in [4.78, 5) is 2.36. The van der Waals surface area contributed by atoms with Gasteiger partial charge in [-0.05, 0) is 58.6 Å². The first kappa shape index (κ1) is 14.5. The smallest absolute Gasteiger partial charge is 0.0409 e. The van der Waals surface area contributed by atoms with Gasteiger partial charge in [0.1, 0.15) is 0 Å². The Morgan fingerprint density at radius 2 is 2.06 bits per heavy atom. The van der Waals surface area contributed by atoms with Crippen molar-refractivity contribution in [3.8, 4) is 0 Å². The lowest BCUT2D eigenvalue weighted by atomic mass is 10.0. The molecule has 0 heterocycles. The lowest BCUT2D eigenvalue weighted by Gasteiger charge is -2.24. The zero-order chi connectivity index (χ0) is 12.8. The molecule has 1 unspecified atom stereocenters. The Bertz CT molecular complexity index is 339. The number of rotatable bonds is 6. The van der Waals surface area contributed by atoms with Crippen LogP contribution in [0.25, 0.3) is 0 Å². The average molecular weight is 255 g/mol. The minimum Gasteiger partial charge on any atom is -0.313 e. The summed E-state index contributed by atoms with van der Waals surface area (Å²) in [6.07, 6.45) is 1.09. The number of hydrogen-bond acceptors (Lipinski definition) is 2. The predicted octanol–water partition coefficient (Wildman–Crippen LogP) is 3.33. The van der Waals surface area contributed by atoms with Crippen LogP contribution in [0.2, 0.25) is 5.02 Å². The van der Waals surface area contributed by atoms with Crippen molar-refractivity contribution in [2.75, 3.05) is 20.6 Å². The fourth-order valence-corrected chi connectivity index (χ4v) is 1.99. The Labute approximate surface area is 110 Å². The fraction of sp³-hybridized carbons (Fsp3) is 0.571. The van der Waals surface area contributed by atoms with E-state index >= 15 is 0 Å². The summed E-state index contributed by atoms with van der Waals surface area (Å²) in [5.41, 5.74) is 1.26. The summed E-state index contributed by atoms with van der Waals surface area (Å²) in [7, 11) is 4.16. The summed E-state index contributed by atoms with van der Waals surface area (Å²) in [5.74, 6) is 0. The molecule has 0 fully saturated rings. The van der Waals surface area contributed by atoms with Crippen molar-refractivity contribution in [1.82, 2.24) is 10.2 Å². The first-order valence-corrected chi connectivity index (χ1v) is 6.55. The fourth-order valence-electron chi connectivity index (χ4n) is 1.79. The van der Waals surface area contributed by atoms with Gasteiger partial charge in [-0.1, -0.05) is 23.7 Å². The Hall–Kier alpha value is -0.570. The van der Waals surface area contributed by atoms with Crippen LogP contribution in [0.4, 0.5) is 0 Å². The van der Waals surface area contributed by atoms with Gasteiger partial charge in [-0.2, -0.15) is 0 Å². The predicted molar refractivity (Wildman–Crippen MR) is 75.6 cm³/mol. The van der Waals surface area contributed by atoms with E-state index in [0.29, 0.717) is 12.1 Å². The largest absolute Gasteiger partial charge is 0.313 e. The molecular weight excluding hydrogens is 232 g/mol. The molecule has 1 aromatic rings. The second-order valence-corrected chi connectivity index (χ2v) is 5.20. The molecule has 0 bridgehead atoms. The van der Waals surface area contributed by atoms with Crippen molar-refractivity contribution in [1.29, 1.82) is 0 Å². The van der Waals surface area contributed by atoms with E-state index < -0.39 is 0 Å². The lowest BCUT2D eigenvalue weighted by molar-refractivity contribution is 0.258. The maximum atomic E-state index is 6.02. The Balaban J connectivity index is 2.60. The van der Waals surface area contributed by atoms with Gasteiger partial charge in [-0.25, -0.2) is 0 Å². The van der Waals surface area contributed by atoms with Gasteiger partial charge in [0.05, 0.1) is 0 Å². The Kier molecular flexibility index (Phi) is 5.96. The maximum Gasteiger partial charge on any atom is 0.0409 e. The number of benzene rings is 1. The number of nitrogens with one attached hydrogen (secondary N) is 1. The van der Waals surface area contributed by atoms with Gasteiger partial charge >= 0.3 is 0 Å². The van der Waals surface area contributed by atoms with Gasteiger partial charge in [0.15, 0.2) is 0 Å². The van der Waals surface area contributed by atoms with E-state index in [9.17, 15) is 0 Å². The molecule has 17 heavy (non-hydrogen) atoms. The lowest BCUT2D eigenvalue weighted by Crippen LogP contribution is -2.30. The van der Waals surface area contributed by atoms with Crippen LogP contribution in [0.5, 0.6) is 0 Å². The van der Waals surface area contributed by atoms with E-state index in [1.165, 1.54) is 5.56 Å². The van der Waals surface area contributed by atoms with Gasteiger partial charge in [0, 0.05) is 17.1 Å². The molecular formula is C14H23ClN2. The summed E-state index contributed by atoms with van der Waals surface area (Å²) in [5, 5.41) is 4.16. The number of halogens is 1. The van der Waals surface area contributed by atoms with Gasteiger partial charge in [0.2, 0.25) is 0 Å². The molecule has 0 saturated heterocycles. The van der Waals surface area contributed by atoms with Crippen LogP contribution < -0.4 is 5.32 Å².